The third kappa shape index (κ3) is 2.37. The second kappa shape index (κ2) is 4.81. The molecule has 1 aliphatic rings. The number of hydrogen-bond acceptors (Lipinski definition) is 5. The molecule has 102 valence electrons. The van der Waals surface area contributed by atoms with E-state index in [-0.39, 0.29) is 0 Å². The fourth-order valence-electron chi connectivity index (χ4n) is 2.30. The van der Waals surface area contributed by atoms with Crippen molar-refractivity contribution in [2.24, 2.45) is 5.92 Å². The van der Waals surface area contributed by atoms with Crippen LogP contribution in [0.15, 0.2) is 23.1 Å². The van der Waals surface area contributed by atoms with Crippen molar-refractivity contribution in [3.05, 3.63) is 18.2 Å². The van der Waals surface area contributed by atoms with Crippen LogP contribution in [0.3, 0.4) is 0 Å². The molecule has 0 atom stereocenters. The zero-order chi connectivity index (χ0) is 13.5. The number of aromatic nitrogens is 2. The Bertz CT molecular complexity index is 688. The highest BCUT2D eigenvalue weighted by Gasteiger charge is 2.28. The molecular weight excluding hydrogens is 282 g/mol. The lowest BCUT2D eigenvalue weighted by Gasteiger charge is -2.29. The fraction of sp³-hybridized carbons (Fsp3) is 0.500. The Morgan fingerprint density at radius 3 is 2.63 bits per heavy atom. The molecule has 1 aromatic heterocycles. The van der Waals surface area contributed by atoms with E-state index in [1.807, 2.05) is 0 Å². The van der Waals surface area contributed by atoms with Crippen LogP contribution in [0.1, 0.15) is 19.8 Å². The first-order valence-electron chi connectivity index (χ1n) is 6.30. The van der Waals surface area contributed by atoms with E-state index < -0.39 is 10.0 Å². The van der Waals surface area contributed by atoms with Gasteiger partial charge in [-0.1, -0.05) is 6.92 Å². The second-order valence-corrected chi connectivity index (χ2v) is 7.47. The van der Waals surface area contributed by atoms with Gasteiger partial charge in [-0.05, 0) is 37.0 Å². The van der Waals surface area contributed by atoms with Crippen molar-refractivity contribution < 1.29 is 8.42 Å². The number of nitrogens with zero attached hydrogens (tertiary/aromatic N) is 3. The molecule has 1 aliphatic heterocycles. The fourth-order valence-corrected chi connectivity index (χ4v) is 4.30. The Labute approximate surface area is 116 Å². The molecule has 1 saturated heterocycles. The zero-order valence-electron chi connectivity index (χ0n) is 10.6. The first kappa shape index (κ1) is 13.0. The number of rotatable bonds is 2. The van der Waals surface area contributed by atoms with Gasteiger partial charge in [0.05, 0.1) is 16.6 Å². The van der Waals surface area contributed by atoms with Crippen LogP contribution in [0.25, 0.3) is 11.0 Å². The summed E-state index contributed by atoms with van der Waals surface area (Å²) < 4.78 is 34.8. The minimum Gasteiger partial charge on any atom is -0.207 e. The predicted molar refractivity (Wildman–Crippen MR) is 74.6 cm³/mol. The number of sulfonamides is 1. The second-order valence-electron chi connectivity index (χ2n) is 5.00. The van der Waals surface area contributed by atoms with E-state index >= 15 is 0 Å². The molecule has 0 bridgehead atoms. The van der Waals surface area contributed by atoms with Crippen molar-refractivity contribution in [2.45, 2.75) is 24.7 Å². The molecule has 2 heterocycles. The zero-order valence-corrected chi connectivity index (χ0v) is 12.2. The van der Waals surface area contributed by atoms with Crippen LogP contribution < -0.4 is 0 Å². The maximum Gasteiger partial charge on any atom is 0.243 e. The minimum absolute atomic E-state index is 0.322. The van der Waals surface area contributed by atoms with E-state index in [4.69, 9.17) is 0 Å². The van der Waals surface area contributed by atoms with Gasteiger partial charge in [0.15, 0.2) is 0 Å². The van der Waals surface area contributed by atoms with E-state index in [1.165, 1.54) is 0 Å². The summed E-state index contributed by atoms with van der Waals surface area (Å²) in [5.41, 5.74) is 1.40. The van der Waals surface area contributed by atoms with Gasteiger partial charge in [0.1, 0.15) is 11.0 Å². The van der Waals surface area contributed by atoms with Gasteiger partial charge >= 0.3 is 0 Å². The average molecular weight is 297 g/mol. The molecule has 0 amide bonds. The topological polar surface area (TPSA) is 63.2 Å². The van der Waals surface area contributed by atoms with Crippen LogP contribution in [-0.4, -0.2) is 34.6 Å². The van der Waals surface area contributed by atoms with Crippen LogP contribution in [0.4, 0.5) is 0 Å². The van der Waals surface area contributed by atoms with Gasteiger partial charge in [0, 0.05) is 13.1 Å². The van der Waals surface area contributed by atoms with Crippen molar-refractivity contribution in [3.8, 4) is 0 Å². The molecule has 5 nitrogen and oxygen atoms in total. The van der Waals surface area contributed by atoms with E-state index in [0.717, 1.165) is 30.1 Å². The summed E-state index contributed by atoms with van der Waals surface area (Å²) in [6, 6.07) is 4.96. The monoisotopic (exact) mass is 297 g/mol. The lowest BCUT2D eigenvalue weighted by Crippen LogP contribution is -2.37. The summed E-state index contributed by atoms with van der Waals surface area (Å²) in [6.45, 7) is 3.38. The van der Waals surface area contributed by atoms with Gasteiger partial charge in [0.25, 0.3) is 0 Å². The standard InChI is InChI=1S/C12H15N3O2S2/c1-9-4-6-15(7-5-9)19(16,17)10-2-3-11-12(8-10)14-18-13-11/h2-3,8-9H,4-7H2,1H3. The van der Waals surface area contributed by atoms with E-state index in [0.29, 0.717) is 29.4 Å². The molecule has 0 spiro atoms. The number of hydrogen-bond donors (Lipinski definition) is 0. The normalized spacial score (nSPS) is 19.0. The molecule has 0 N–H and O–H groups in total. The highest BCUT2D eigenvalue weighted by atomic mass is 32.2. The highest BCUT2D eigenvalue weighted by molar-refractivity contribution is 7.89. The van der Waals surface area contributed by atoms with Crippen molar-refractivity contribution in [2.75, 3.05) is 13.1 Å². The summed E-state index contributed by atoms with van der Waals surface area (Å²) in [6.07, 6.45) is 1.86. The van der Waals surface area contributed by atoms with E-state index in [9.17, 15) is 8.42 Å². The van der Waals surface area contributed by atoms with Gasteiger partial charge in [-0.2, -0.15) is 13.1 Å². The molecule has 3 rings (SSSR count). The number of benzene rings is 1. The summed E-state index contributed by atoms with van der Waals surface area (Å²) in [5.74, 6) is 0.608. The molecule has 2 aromatic rings. The predicted octanol–water partition coefficient (Wildman–Crippen LogP) is 2.11. The Kier molecular flexibility index (Phi) is 3.28. The Morgan fingerprint density at radius 2 is 1.89 bits per heavy atom. The highest BCUT2D eigenvalue weighted by Crippen LogP contribution is 2.25. The minimum atomic E-state index is -3.38. The van der Waals surface area contributed by atoms with Crippen LogP contribution in [0.5, 0.6) is 0 Å². The molecular formula is C12H15N3O2S2. The molecule has 19 heavy (non-hydrogen) atoms. The van der Waals surface area contributed by atoms with E-state index in [1.54, 1.807) is 22.5 Å². The maximum absolute atomic E-state index is 12.5. The number of piperidine rings is 1. The average Bonchev–Trinajstić information content (AvgIpc) is 2.86. The molecule has 0 unspecified atom stereocenters. The molecule has 1 fully saturated rings. The molecule has 7 heteroatoms. The lowest BCUT2D eigenvalue weighted by atomic mass is 10.0. The third-order valence-corrected chi connectivity index (χ3v) is 6.06. The first-order valence-corrected chi connectivity index (χ1v) is 8.47. The maximum atomic E-state index is 12.5. The van der Waals surface area contributed by atoms with Gasteiger partial charge in [-0.3, -0.25) is 0 Å². The first-order chi connectivity index (χ1) is 9.07. The van der Waals surface area contributed by atoms with Gasteiger partial charge in [-0.25, -0.2) is 8.42 Å². The van der Waals surface area contributed by atoms with Crippen LogP contribution >= 0.6 is 11.7 Å². The van der Waals surface area contributed by atoms with Crippen molar-refractivity contribution in [1.29, 1.82) is 0 Å². The van der Waals surface area contributed by atoms with Gasteiger partial charge < -0.3 is 0 Å². The molecule has 1 aromatic carbocycles. The van der Waals surface area contributed by atoms with Crippen LogP contribution in [-0.2, 0) is 10.0 Å². The summed E-state index contributed by atoms with van der Waals surface area (Å²) in [7, 11) is -3.38. The summed E-state index contributed by atoms with van der Waals surface area (Å²) in [5, 5.41) is 0. The summed E-state index contributed by atoms with van der Waals surface area (Å²) >= 11 is 1.10. The molecule has 0 radical (unpaired) electrons. The Hall–Kier alpha value is -1.05. The van der Waals surface area contributed by atoms with Crippen LogP contribution in [0, 0.1) is 5.92 Å². The van der Waals surface area contributed by atoms with Crippen molar-refractivity contribution in [1.82, 2.24) is 13.1 Å². The quantitative estimate of drug-likeness (QED) is 0.851. The molecule has 0 saturated carbocycles. The van der Waals surface area contributed by atoms with Crippen molar-refractivity contribution >= 4 is 32.8 Å². The van der Waals surface area contributed by atoms with Gasteiger partial charge in [0.2, 0.25) is 10.0 Å². The van der Waals surface area contributed by atoms with E-state index in [2.05, 4.69) is 15.7 Å². The van der Waals surface area contributed by atoms with Crippen LogP contribution in [0.2, 0.25) is 0 Å². The lowest BCUT2D eigenvalue weighted by molar-refractivity contribution is 0.288. The largest absolute Gasteiger partial charge is 0.243 e. The van der Waals surface area contributed by atoms with Crippen molar-refractivity contribution in [3.63, 3.8) is 0 Å². The number of fused-ring (bicyclic) bond motifs is 1. The Balaban J connectivity index is 1.94. The van der Waals surface area contributed by atoms with Gasteiger partial charge in [-0.15, -0.1) is 0 Å². The smallest absolute Gasteiger partial charge is 0.207 e. The SMILES string of the molecule is CC1CCN(S(=O)(=O)c2ccc3nsnc3c2)CC1. The molecule has 0 aliphatic carbocycles. The Morgan fingerprint density at radius 1 is 1.21 bits per heavy atom. The summed E-state index contributed by atoms with van der Waals surface area (Å²) in [4.78, 5) is 0.322. The third-order valence-electron chi connectivity index (χ3n) is 3.61.